The van der Waals surface area contributed by atoms with Crippen LogP contribution in [-0.4, -0.2) is 36.4 Å². The minimum Gasteiger partial charge on any atom is -0.497 e. The lowest BCUT2D eigenvalue weighted by Crippen LogP contribution is -2.48. The molecule has 0 saturated carbocycles. The molecule has 1 aliphatic rings. The van der Waals surface area contributed by atoms with Gasteiger partial charge in [-0.1, -0.05) is 60.7 Å². The van der Waals surface area contributed by atoms with Gasteiger partial charge < -0.3 is 15.0 Å². The molecule has 0 spiro atoms. The van der Waals surface area contributed by atoms with Gasteiger partial charge in [-0.3, -0.25) is 9.59 Å². The normalized spacial score (nSPS) is 13.6. The molecule has 5 nitrogen and oxygen atoms in total. The molecular formula is C26H26N2O3. The van der Waals surface area contributed by atoms with Crippen LogP contribution in [0.25, 0.3) is 0 Å². The van der Waals surface area contributed by atoms with Crippen LogP contribution in [0.2, 0.25) is 0 Å². The summed E-state index contributed by atoms with van der Waals surface area (Å²) >= 11 is 0. The zero-order chi connectivity index (χ0) is 21.6. The largest absolute Gasteiger partial charge is 0.497 e. The van der Waals surface area contributed by atoms with Crippen molar-refractivity contribution >= 4 is 11.8 Å². The van der Waals surface area contributed by atoms with E-state index in [9.17, 15) is 9.59 Å². The Bertz CT molecular complexity index is 1050. The van der Waals surface area contributed by atoms with Crippen LogP contribution in [0.4, 0.5) is 0 Å². The first-order valence-corrected chi connectivity index (χ1v) is 10.5. The Morgan fingerprint density at radius 3 is 2.39 bits per heavy atom. The molecule has 2 amide bonds. The van der Waals surface area contributed by atoms with Crippen molar-refractivity contribution in [1.82, 2.24) is 10.2 Å². The summed E-state index contributed by atoms with van der Waals surface area (Å²) in [6, 6.07) is 24.7. The van der Waals surface area contributed by atoms with Gasteiger partial charge in [-0.25, -0.2) is 0 Å². The zero-order valence-corrected chi connectivity index (χ0v) is 17.6. The summed E-state index contributed by atoms with van der Waals surface area (Å²) < 4.78 is 5.19. The number of benzene rings is 3. The standard InChI is InChI=1S/C26H26N2O3/c1-31-22-13-11-19(12-14-22)15-16-27-25(29)24(17-20-7-3-2-4-8-20)28-18-21-9-5-6-10-23(21)26(28)30/h2-14,24H,15-18H2,1H3,(H,27,29)/t24-/m1/s1. The van der Waals surface area contributed by atoms with Gasteiger partial charge in [0.15, 0.2) is 0 Å². The third-order valence-corrected chi connectivity index (χ3v) is 5.67. The van der Waals surface area contributed by atoms with E-state index in [1.807, 2.05) is 78.9 Å². The molecular weight excluding hydrogens is 388 g/mol. The van der Waals surface area contributed by atoms with E-state index in [4.69, 9.17) is 4.74 Å². The number of fused-ring (bicyclic) bond motifs is 1. The van der Waals surface area contributed by atoms with Gasteiger partial charge in [0.25, 0.3) is 5.91 Å². The molecule has 3 aromatic rings. The van der Waals surface area contributed by atoms with Crippen LogP contribution in [-0.2, 0) is 24.2 Å². The molecule has 0 bridgehead atoms. The maximum Gasteiger partial charge on any atom is 0.255 e. The minimum absolute atomic E-state index is 0.0816. The molecule has 1 heterocycles. The van der Waals surface area contributed by atoms with Crippen molar-refractivity contribution in [2.45, 2.75) is 25.4 Å². The van der Waals surface area contributed by atoms with E-state index in [1.165, 1.54) is 0 Å². The third-order valence-electron chi connectivity index (χ3n) is 5.67. The Hall–Kier alpha value is -3.60. The molecule has 3 aromatic carbocycles. The average molecular weight is 415 g/mol. The second-order valence-electron chi connectivity index (χ2n) is 7.68. The summed E-state index contributed by atoms with van der Waals surface area (Å²) in [5, 5.41) is 3.04. The van der Waals surface area contributed by atoms with E-state index >= 15 is 0 Å². The Morgan fingerprint density at radius 2 is 1.68 bits per heavy atom. The van der Waals surface area contributed by atoms with Crippen LogP contribution in [0.5, 0.6) is 5.75 Å². The van der Waals surface area contributed by atoms with Crippen LogP contribution >= 0.6 is 0 Å². The molecule has 1 atom stereocenters. The predicted molar refractivity (Wildman–Crippen MR) is 120 cm³/mol. The molecule has 0 fully saturated rings. The zero-order valence-electron chi connectivity index (χ0n) is 17.6. The molecule has 5 heteroatoms. The smallest absolute Gasteiger partial charge is 0.255 e. The summed E-state index contributed by atoms with van der Waals surface area (Å²) in [4.78, 5) is 27.9. The first-order valence-electron chi connectivity index (χ1n) is 10.5. The molecule has 31 heavy (non-hydrogen) atoms. The summed E-state index contributed by atoms with van der Waals surface area (Å²) in [5.41, 5.74) is 3.80. The van der Waals surface area contributed by atoms with Crippen molar-refractivity contribution in [2.24, 2.45) is 0 Å². The van der Waals surface area contributed by atoms with E-state index in [0.717, 1.165) is 22.4 Å². The van der Waals surface area contributed by atoms with Crippen molar-refractivity contribution in [3.63, 3.8) is 0 Å². The summed E-state index contributed by atoms with van der Waals surface area (Å²) in [6.07, 6.45) is 1.19. The molecule has 0 aromatic heterocycles. The quantitative estimate of drug-likeness (QED) is 0.613. The topological polar surface area (TPSA) is 58.6 Å². The van der Waals surface area contributed by atoms with Crippen LogP contribution < -0.4 is 10.1 Å². The number of methoxy groups -OCH3 is 1. The molecule has 4 rings (SSSR count). The number of rotatable bonds is 8. The van der Waals surface area contributed by atoms with Gasteiger partial charge in [-0.2, -0.15) is 0 Å². The van der Waals surface area contributed by atoms with Crippen LogP contribution in [0.15, 0.2) is 78.9 Å². The maximum absolute atomic E-state index is 13.2. The number of hydrogen-bond donors (Lipinski definition) is 1. The fourth-order valence-electron chi connectivity index (χ4n) is 3.95. The molecule has 1 aliphatic heterocycles. The van der Waals surface area contributed by atoms with Gasteiger partial charge in [0.05, 0.1) is 7.11 Å². The maximum atomic E-state index is 13.2. The van der Waals surface area contributed by atoms with Crippen LogP contribution in [0.1, 0.15) is 27.0 Å². The van der Waals surface area contributed by atoms with Crippen LogP contribution in [0.3, 0.4) is 0 Å². The fraction of sp³-hybridized carbons (Fsp3) is 0.231. The fourth-order valence-corrected chi connectivity index (χ4v) is 3.95. The number of hydrogen-bond acceptors (Lipinski definition) is 3. The molecule has 0 radical (unpaired) electrons. The van der Waals surface area contributed by atoms with Crippen molar-refractivity contribution < 1.29 is 14.3 Å². The van der Waals surface area contributed by atoms with Gasteiger partial charge in [-0.15, -0.1) is 0 Å². The van der Waals surface area contributed by atoms with Gasteiger partial charge in [0.2, 0.25) is 5.91 Å². The van der Waals surface area contributed by atoms with Gasteiger partial charge in [0, 0.05) is 25.1 Å². The lowest BCUT2D eigenvalue weighted by molar-refractivity contribution is -0.125. The number of carbonyl (C=O) groups is 2. The lowest BCUT2D eigenvalue weighted by Gasteiger charge is -2.27. The van der Waals surface area contributed by atoms with E-state index < -0.39 is 6.04 Å². The Kier molecular flexibility index (Phi) is 6.32. The first-order chi connectivity index (χ1) is 15.2. The number of nitrogens with one attached hydrogen (secondary N) is 1. The van der Waals surface area contributed by atoms with E-state index in [1.54, 1.807) is 12.0 Å². The monoisotopic (exact) mass is 414 g/mol. The van der Waals surface area contributed by atoms with E-state index in [-0.39, 0.29) is 11.8 Å². The van der Waals surface area contributed by atoms with Crippen molar-refractivity contribution in [3.05, 3.63) is 101 Å². The molecule has 0 unspecified atom stereocenters. The summed E-state index contributed by atoms with van der Waals surface area (Å²) in [6.45, 7) is 0.962. The predicted octanol–water partition coefficient (Wildman–Crippen LogP) is 3.62. The highest BCUT2D eigenvalue weighted by molar-refractivity contribution is 6.01. The minimum atomic E-state index is -0.557. The first kappa shape index (κ1) is 20.7. The Balaban J connectivity index is 1.46. The molecule has 158 valence electrons. The van der Waals surface area contributed by atoms with E-state index in [2.05, 4.69) is 5.32 Å². The van der Waals surface area contributed by atoms with Crippen LogP contribution in [0, 0.1) is 0 Å². The highest BCUT2D eigenvalue weighted by atomic mass is 16.5. The Morgan fingerprint density at radius 1 is 0.968 bits per heavy atom. The number of nitrogens with zero attached hydrogens (tertiary/aromatic N) is 1. The van der Waals surface area contributed by atoms with Gasteiger partial charge in [0.1, 0.15) is 11.8 Å². The molecule has 0 aliphatic carbocycles. The van der Waals surface area contributed by atoms with E-state index in [0.29, 0.717) is 31.5 Å². The number of carbonyl (C=O) groups excluding carboxylic acids is 2. The Labute approximate surface area is 182 Å². The third kappa shape index (κ3) is 4.77. The summed E-state index contributed by atoms with van der Waals surface area (Å²) in [7, 11) is 1.64. The highest BCUT2D eigenvalue weighted by Gasteiger charge is 2.36. The summed E-state index contributed by atoms with van der Waals surface area (Å²) in [5.74, 6) is 0.600. The van der Waals surface area contributed by atoms with Crippen molar-refractivity contribution in [3.8, 4) is 5.75 Å². The second-order valence-corrected chi connectivity index (χ2v) is 7.68. The SMILES string of the molecule is COc1ccc(CCNC(=O)[C@@H](Cc2ccccc2)N2Cc3ccccc3C2=O)cc1. The molecule has 1 N–H and O–H groups in total. The second kappa shape index (κ2) is 9.47. The highest BCUT2D eigenvalue weighted by Crippen LogP contribution is 2.26. The van der Waals surface area contributed by atoms with Gasteiger partial charge in [-0.05, 0) is 41.3 Å². The number of amides is 2. The van der Waals surface area contributed by atoms with Crippen molar-refractivity contribution in [1.29, 1.82) is 0 Å². The van der Waals surface area contributed by atoms with Gasteiger partial charge >= 0.3 is 0 Å². The average Bonchev–Trinajstić information content (AvgIpc) is 3.15. The number of ether oxygens (including phenoxy) is 1. The molecule has 0 saturated heterocycles. The van der Waals surface area contributed by atoms with Crippen molar-refractivity contribution in [2.75, 3.05) is 13.7 Å². The lowest BCUT2D eigenvalue weighted by atomic mass is 10.0.